The summed E-state index contributed by atoms with van der Waals surface area (Å²) in [4.78, 5) is 14.6. The van der Waals surface area contributed by atoms with Crippen LogP contribution in [0.25, 0.3) is 0 Å². The molecular weight excluding hydrogens is 316 g/mol. The van der Waals surface area contributed by atoms with Crippen LogP contribution in [0.3, 0.4) is 0 Å². The maximum atomic E-state index is 12.1. The van der Waals surface area contributed by atoms with Crippen LogP contribution in [-0.2, 0) is 24.4 Å². The van der Waals surface area contributed by atoms with Crippen LogP contribution in [-0.4, -0.2) is 31.0 Å². The SMILES string of the molecule is COCc1ccc(C(=O)NCc2ccc(CN3CCCCC3)cc2)o1. The Morgan fingerprint density at radius 3 is 2.52 bits per heavy atom. The van der Waals surface area contributed by atoms with Crippen LogP contribution in [0.1, 0.15) is 46.7 Å². The maximum absolute atomic E-state index is 12.1. The van der Waals surface area contributed by atoms with Crippen molar-refractivity contribution < 1.29 is 13.9 Å². The highest BCUT2D eigenvalue weighted by molar-refractivity contribution is 5.91. The van der Waals surface area contributed by atoms with Crippen LogP contribution in [0.4, 0.5) is 0 Å². The van der Waals surface area contributed by atoms with E-state index in [0.29, 0.717) is 24.7 Å². The van der Waals surface area contributed by atoms with Crippen LogP contribution >= 0.6 is 0 Å². The molecule has 5 nitrogen and oxygen atoms in total. The van der Waals surface area contributed by atoms with Gasteiger partial charge in [-0.1, -0.05) is 30.7 Å². The van der Waals surface area contributed by atoms with Crippen molar-refractivity contribution in [3.05, 3.63) is 59.0 Å². The number of rotatable bonds is 7. The molecule has 2 heterocycles. The Balaban J connectivity index is 1.48. The lowest BCUT2D eigenvalue weighted by Crippen LogP contribution is -2.29. The second-order valence-electron chi connectivity index (χ2n) is 6.53. The molecule has 0 bridgehead atoms. The van der Waals surface area contributed by atoms with E-state index in [1.165, 1.54) is 37.9 Å². The Bertz CT molecular complexity index is 673. The molecule has 0 atom stereocenters. The second-order valence-corrected chi connectivity index (χ2v) is 6.53. The molecule has 1 aromatic carbocycles. The van der Waals surface area contributed by atoms with Crippen LogP contribution in [0.2, 0.25) is 0 Å². The maximum Gasteiger partial charge on any atom is 0.287 e. The molecular formula is C20H26N2O3. The van der Waals surface area contributed by atoms with Crippen molar-refractivity contribution in [3.8, 4) is 0 Å². The summed E-state index contributed by atoms with van der Waals surface area (Å²) < 4.78 is 10.4. The van der Waals surface area contributed by atoms with Gasteiger partial charge in [-0.2, -0.15) is 0 Å². The van der Waals surface area contributed by atoms with Gasteiger partial charge in [0.05, 0.1) is 0 Å². The lowest BCUT2D eigenvalue weighted by molar-refractivity contribution is 0.0914. The van der Waals surface area contributed by atoms with Gasteiger partial charge in [-0.25, -0.2) is 0 Å². The fourth-order valence-electron chi connectivity index (χ4n) is 3.13. The van der Waals surface area contributed by atoms with Gasteiger partial charge in [0.25, 0.3) is 5.91 Å². The number of ether oxygens (including phenoxy) is 1. The van der Waals surface area contributed by atoms with E-state index in [1.807, 2.05) is 0 Å². The predicted molar refractivity (Wildman–Crippen MR) is 96.2 cm³/mol. The fraction of sp³-hybridized carbons (Fsp3) is 0.450. The fourth-order valence-corrected chi connectivity index (χ4v) is 3.13. The first-order valence-corrected chi connectivity index (χ1v) is 8.90. The number of piperidine rings is 1. The molecule has 1 fully saturated rings. The zero-order valence-electron chi connectivity index (χ0n) is 14.8. The molecule has 0 unspecified atom stereocenters. The molecule has 1 N–H and O–H groups in total. The van der Waals surface area contributed by atoms with E-state index in [0.717, 1.165) is 12.1 Å². The zero-order chi connectivity index (χ0) is 17.5. The normalized spacial score (nSPS) is 15.2. The summed E-state index contributed by atoms with van der Waals surface area (Å²) in [6.45, 7) is 4.27. The monoisotopic (exact) mass is 342 g/mol. The van der Waals surface area contributed by atoms with Crippen LogP contribution in [0, 0.1) is 0 Å². The third-order valence-corrected chi connectivity index (χ3v) is 4.50. The Morgan fingerprint density at radius 2 is 1.80 bits per heavy atom. The van der Waals surface area contributed by atoms with Gasteiger partial charge in [0, 0.05) is 20.2 Å². The summed E-state index contributed by atoms with van der Waals surface area (Å²) in [5.74, 6) is 0.753. The van der Waals surface area contributed by atoms with E-state index < -0.39 is 0 Å². The molecule has 0 aliphatic carbocycles. The molecule has 5 heteroatoms. The number of methoxy groups -OCH3 is 1. The smallest absolute Gasteiger partial charge is 0.287 e. The summed E-state index contributed by atoms with van der Waals surface area (Å²) in [6, 6.07) is 11.9. The van der Waals surface area contributed by atoms with E-state index in [4.69, 9.17) is 9.15 Å². The van der Waals surface area contributed by atoms with E-state index >= 15 is 0 Å². The van der Waals surface area contributed by atoms with E-state index in [2.05, 4.69) is 34.5 Å². The standard InChI is InChI=1S/C20H26N2O3/c1-24-15-18-9-10-19(25-18)20(23)21-13-16-5-7-17(8-6-16)14-22-11-3-2-4-12-22/h5-10H,2-4,11-15H2,1H3,(H,21,23). The van der Waals surface area contributed by atoms with Crippen LogP contribution < -0.4 is 5.32 Å². The van der Waals surface area contributed by atoms with Gasteiger partial charge in [0.2, 0.25) is 0 Å². The topological polar surface area (TPSA) is 54.7 Å². The number of amides is 1. The molecule has 1 amide bonds. The van der Waals surface area contributed by atoms with Gasteiger partial charge < -0.3 is 14.5 Å². The Hall–Kier alpha value is -2.11. The van der Waals surface area contributed by atoms with Crippen molar-refractivity contribution in [1.82, 2.24) is 10.2 Å². The summed E-state index contributed by atoms with van der Waals surface area (Å²) in [5, 5.41) is 2.89. The quantitative estimate of drug-likeness (QED) is 0.838. The second kappa shape index (κ2) is 8.83. The van der Waals surface area contributed by atoms with E-state index in [9.17, 15) is 4.79 Å². The third kappa shape index (κ3) is 5.18. The predicted octanol–water partition coefficient (Wildman–Crippen LogP) is 3.34. The summed E-state index contributed by atoms with van der Waals surface area (Å²) in [7, 11) is 1.59. The largest absolute Gasteiger partial charge is 0.453 e. The van der Waals surface area contributed by atoms with Gasteiger partial charge in [0.15, 0.2) is 5.76 Å². The summed E-state index contributed by atoms with van der Waals surface area (Å²) in [5.41, 5.74) is 2.41. The highest BCUT2D eigenvalue weighted by Crippen LogP contribution is 2.14. The van der Waals surface area contributed by atoms with Gasteiger partial charge in [0.1, 0.15) is 12.4 Å². The number of benzene rings is 1. The molecule has 25 heavy (non-hydrogen) atoms. The number of likely N-dealkylation sites (tertiary alicyclic amines) is 1. The molecule has 2 aromatic rings. The molecule has 0 radical (unpaired) electrons. The number of carbonyl (C=O) groups is 1. The number of nitrogens with one attached hydrogen (secondary N) is 1. The van der Waals surface area contributed by atoms with Crippen LogP contribution in [0.5, 0.6) is 0 Å². The van der Waals surface area contributed by atoms with E-state index in [-0.39, 0.29) is 5.91 Å². The van der Waals surface area contributed by atoms with Crippen molar-refractivity contribution >= 4 is 5.91 Å². The average molecular weight is 342 g/mol. The number of hydrogen-bond acceptors (Lipinski definition) is 4. The lowest BCUT2D eigenvalue weighted by atomic mass is 10.1. The number of hydrogen-bond donors (Lipinski definition) is 1. The van der Waals surface area contributed by atoms with Crippen molar-refractivity contribution in [2.45, 2.75) is 39.0 Å². The lowest BCUT2D eigenvalue weighted by Gasteiger charge is -2.26. The number of carbonyl (C=O) groups excluding carboxylic acids is 1. The van der Waals surface area contributed by atoms with Crippen molar-refractivity contribution in [2.24, 2.45) is 0 Å². The Kier molecular flexibility index (Phi) is 6.25. The molecule has 1 saturated heterocycles. The minimum absolute atomic E-state index is 0.209. The van der Waals surface area contributed by atoms with Gasteiger partial charge in [-0.3, -0.25) is 9.69 Å². The Labute approximate surface area is 149 Å². The minimum Gasteiger partial charge on any atom is -0.453 e. The van der Waals surface area contributed by atoms with Gasteiger partial charge in [-0.15, -0.1) is 0 Å². The molecule has 134 valence electrons. The number of nitrogens with zero attached hydrogens (tertiary/aromatic N) is 1. The summed E-state index contributed by atoms with van der Waals surface area (Å²) >= 11 is 0. The molecule has 0 spiro atoms. The van der Waals surface area contributed by atoms with Crippen molar-refractivity contribution in [1.29, 1.82) is 0 Å². The first-order chi connectivity index (χ1) is 12.2. The molecule has 1 aromatic heterocycles. The highest BCUT2D eigenvalue weighted by atomic mass is 16.5. The van der Waals surface area contributed by atoms with Gasteiger partial charge >= 0.3 is 0 Å². The number of furan rings is 1. The van der Waals surface area contributed by atoms with E-state index in [1.54, 1.807) is 19.2 Å². The van der Waals surface area contributed by atoms with Crippen LogP contribution in [0.15, 0.2) is 40.8 Å². The summed E-state index contributed by atoms with van der Waals surface area (Å²) in [6.07, 6.45) is 3.98. The molecule has 0 saturated carbocycles. The zero-order valence-corrected chi connectivity index (χ0v) is 14.8. The van der Waals surface area contributed by atoms with Crippen molar-refractivity contribution in [2.75, 3.05) is 20.2 Å². The molecule has 1 aliphatic rings. The first kappa shape index (κ1) is 17.7. The first-order valence-electron chi connectivity index (χ1n) is 8.90. The Morgan fingerprint density at radius 1 is 1.08 bits per heavy atom. The van der Waals surface area contributed by atoms with Gasteiger partial charge in [-0.05, 0) is 49.2 Å². The highest BCUT2D eigenvalue weighted by Gasteiger charge is 2.12. The third-order valence-electron chi connectivity index (χ3n) is 4.50. The molecule has 3 rings (SSSR count). The minimum atomic E-state index is -0.209. The van der Waals surface area contributed by atoms with Crippen molar-refractivity contribution in [3.63, 3.8) is 0 Å². The molecule has 1 aliphatic heterocycles. The average Bonchev–Trinajstić information content (AvgIpc) is 3.11.